The van der Waals surface area contributed by atoms with Crippen LogP contribution in [0.1, 0.15) is 16.7 Å². The van der Waals surface area contributed by atoms with Crippen LogP contribution in [0.2, 0.25) is 0 Å². The molecule has 4 aromatic rings. The number of carboxylic acid groups (broad SMARTS) is 1. The number of hydrogen-bond donors (Lipinski definition) is 3. The molecule has 1 unspecified atom stereocenters. The van der Waals surface area contributed by atoms with E-state index in [1.165, 1.54) is 11.1 Å². The molecule has 0 aliphatic rings. The van der Waals surface area contributed by atoms with Gasteiger partial charge >= 0.3 is 12.1 Å². The number of carbonyl (C=O) groups excluding carboxylic acids is 1. The fourth-order valence-corrected chi connectivity index (χ4v) is 5.50. The quantitative estimate of drug-likeness (QED) is 0.172. The number of nitrogens with one attached hydrogen (secondary N) is 2. The molecular weight excluding hydrogens is 494 g/mol. The number of H-pyrrole nitrogens is 1. The summed E-state index contributed by atoms with van der Waals surface area (Å²) in [6, 6.07) is 22.3. The molecule has 0 aliphatic carbocycles. The molecular formula is C27H27N3O4S2. The summed E-state index contributed by atoms with van der Waals surface area (Å²) in [5.41, 5.74) is 5.22. The molecule has 3 N–H and O–H groups in total. The summed E-state index contributed by atoms with van der Waals surface area (Å²) in [5, 5.41) is 12.8. The lowest BCUT2D eigenvalue weighted by atomic mass is 10.1. The molecule has 0 fully saturated rings. The highest BCUT2D eigenvalue weighted by molar-refractivity contribution is 7.99. The first-order valence-corrected chi connectivity index (χ1v) is 13.5. The minimum Gasteiger partial charge on any atom is -0.480 e. The summed E-state index contributed by atoms with van der Waals surface area (Å²) in [6.07, 6.45) is -0.537. The lowest BCUT2D eigenvalue weighted by Crippen LogP contribution is -2.42. The summed E-state index contributed by atoms with van der Waals surface area (Å²) < 4.78 is 5.24. The molecule has 186 valence electrons. The lowest BCUT2D eigenvalue weighted by Gasteiger charge is -2.15. The number of aliphatic carboxylic acids is 1. The first kappa shape index (κ1) is 25.7. The van der Waals surface area contributed by atoms with Crippen LogP contribution in [0.3, 0.4) is 0 Å². The second-order valence-electron chi connectivity index (χ2n) is 8.10. The highest BCUT2D eigenvalue weighted by atomic mass is 32.2. The van der Waals surface area contributed by atoms with Gasteiger partial charge in [-0.05, 0) is 41.8 Å². The molecule has 0 bridgehead atoms. The van der Waals surface area contributed by atoms with Crippen LogP contribution in [-0.4, -0.2) is 45.5 Å². The van der Waals surface area contributed by atoms with Crippen molar-refractivity contribution < 1.29 is 19.4 Å². The molecule has 1 atom stereocenters. The van der Waals surface area contributed by atoms with E-state index in [0.29, 0.717) is 5.75 Å². The maximum atomic E-state index is 12.1. The fourth-order valence-electron chi connectivity index (χ4n) is 3.64. The molecule has 7 nitrogen and oxygen atoms in total. The van der Waals surface area contributed by atoms with E-state index in [-0.39, 0.29) is 13.0 Å². The Morgan fingerprint density at radius 3 is 2.58 bits per heavy atom. The average Bonchev–Trinajstić information content (AvgIpc) is 3.30. The van der Waals surface area contributed by atoms with Crippen LogP contribution in [0.4, 0.5) is 4.79 Å². The predicted octanol–water partition coefficient (Wildman–Crippen LogP) is 5.68. The predicted molar refractivity (Wildman–Crippen MR) is 144 cm³/mol. The zero-order valence-corrected chi connectivity index (χ0v) is 21.4. The van der Waals surface area contributed by atoms with Gasteiger partial charge in [0.1, 0.15) is 12.6 Å². The third kappa shape index (κ3) is 7.05. The molecule has 1 aromatic heterocycles. The molecule has 0 saturated heterocycles. The van der Waals surface area contributed by atoms with Crippen molar-refractivity contribution in [1.29, 1.82) is 0 Å². The van der Waals surface area contributed by atoms with Gasteiger partial charge in [-0.3, -0.25) is 0 Å². The number of hydrogen-bond acceptors (Lipinski definition) is 6. The molecule has 9 heteroatoms. The van der Waals surface area contributed by atoms with Gasteiger partial charge in [0.15, 0.2) is 5.16 Å². The smallest absolute Gasteiger partial charge is 0.407 e. The maximum Gasteiger partial charge on any atom is 0.407 e. The number of fused-ring (bicyclic) bond motifs is 1. The van der Waals surface area contributed by atoms with Gasteiger partial charge in [0, 0.05) is 22.8 Å². The van der Waals surface area contributed by atoms with Crippen molar-refractivity contribution in [2.75, 3.05) is 12.4 Å². The number of para-hydroxylation sites is 2. The van der Waals surface area contributed by atoms with Crippen LogP contribution >= 0.6 is 23.5 Å². The molecule has 4 rings (SSSR count). The van der Waals surface area contributed by atoms with Crippen molar-refractivity contribution in [3.8, 4) is 0 Å². The zero-order valence-electron chi connectivity index (χ0n) is 19.8. The van der Waals surface area contributed by atoms with Gasteiger partial charge in [0.2, 0.25) is 0 Å². The van der Waals surface area contributed by atoms with Crippen LogP contribution in [0.25, 0.3) is 11.0 Å². The molecule has 1 heterocycles. The Morgan fingerprint density at radius 2 is 1.81 bits per heavy atom. The number of nitrogens with zero attached hydrogens (tertiary/aromatic N) is 1. The van der Waals surface area contributed by atoms with Gasteiger partial charge in [-0.25, -0.2) is 14.6 Å². The van der Waals surface area contributed by atoms with E-state index < -0.39 is 18.1 Å². The second kappa shape index (κ2) is 12.5. The summed E-state index contributed by atoms with van der Waals surface area (Å²) in [5.74, 6) is 0.250. The minimum atomic E-state index is -1.10. The van der Waals surface area contributed by atoms with Crippen molar-refractivity contribution in [2.45, 2.75) is 35.2 Å². The van der Waals surface area contributed by atoms with Gasteiger partial charge < -0.3 is 20.1 Å². The SMILES string of the molecule is Cc1c(CSc2nc3ccccc3[nH]2)cccc1SCCOC(=O)NC(Cc1ccccc1)C(=O)O. The number of alkyl carbamates (subject to hydrolysis) is 1. The number of rotatable bonds is 11. The molecule has 0 aliphatic heterocycles. The van der Waals surface area contributed by atoms with E-state index in [9.17, 15) is 14.7 Å². The van der Waals surface area contributed by atoms with Gasteiger partial charge in [-0.2, -0.15) is 0 Å². The van der Waals surface area contributed by atoms with Gasteiger partial charge in [0.25, 0.3) is 0 Å². The Balaban J connectivity index is 1.24. The summed E-state index contributed by atoms with van der Waals surface area (Å²) in [4.78, 5) is 32.8. The van der Waals surface area contributed by atoms with E-state index in [1.54, 1.807) is 23.5 Å². The number of amides is 1. The lowest BCUT2D eigenvalue weighted by molar-refractivity contribution is -0.139. The van der Waals surface area contributed by atoms with Crippen molar-refractivity contribution in [3.63, 3.8) is 0 Å². The summed E-state index contributed by atoms with van der Waals surface area (Å²) in [7, 11) is 0. The van der Waals surface area contributed by atoms with E-state index >= 15 is 0 Å². The standard InChI is InChI=1S/C27H27N3O4S2/c1-18-20(17-36-26-28-21-11-5-6-12-22(21)29-26)10-7-13-24(18)35-15-14-34-27(33)30-23(25(31)32)16-19-8-3-2-4-9-19/h2-13,23H,14-17H2,1H3,(H,28,29)(H,30,33)(H,31,32). The number of imidazole rings is 1. The first-order chi connectivity index (χ1) is 17.5. The zero-order chi connectivity index (χ0) is 25.3. The molecule has 1 amide bonds. The Morgan fingerprint density at radius 1 is 1.03 bits per heavy atom. The number of benzene rings is 3. The Labute approximate surface area is 218 Å². The van der Waals surface area contributed by atoms with Crippen LogP contribution in [0.15, 0.2) is 82.8 Å². The number of thioether (sulfide) groups is 2. The Hall–Kier alpha value is -3.43. The number of aromatic amines is 1. The molecule has 0 spiro atoms. The third-order valence-electron chi connectivity index (χ3n) is 5.58. The monoisotopic (exact) mass is 521 g/mol. The number of carbonyl (C=O) groups is 2. The van der Waals surface area contributed by atoms with Crippen molar-refractivity contribution >= 4 is 46.6 Å². The molecule has 36 heavy (non-hydrogen) atoms. The highest BCUT2D eigenvalue weighted by Gasteiger charge is 2.21. The van der Waals surface area contributed by atoms with Crippen LogP contribution < -0.4 is 5.32 Å². The second-order valence-corrected chi connectivity index (χ2v) is 10.2. The molecule has 3 aromatic carbocycles. The van der Waals surface area contributed by atoms with Crippen LogP contribution in [0.5, 0.6) is 0 Å². The fraction of sp³-hybridized carbons (Fsp3) is 0.222. The number of carboxylic acids is 1. The number of aromatic nitrogens is 2. The first-order valence-electron chi connectivity index (χ1n) is 11.5. The van der Waals surface area contributed by atoms with E-state index in [1.807, 2.05) is 60.7 Å². The third-order valence-corrected chi connectivity index (χ3v) is 7.62. The van der Waals surface area contributed by atoms with E-state index in [4.69, 9.17) is 4.74 Å². The minimum absolute atomic E-state index is 0.172. The molecule has 0 saturated carbocycles. The van der Waals surface area contributed by atoms with Crippen molar-refractivity contribution in [3.05, 3.63) is 89.5 Å². The van der Waals surface area contributed by atoms with Crippen molar-refractivity contribution in [1.82, 2.24) is 15.3 Å². The highest BCUT2D eigenvalue weighted by Crippen LogP contribution is 2.29. The van der Waals surface area contributed by atoms with E-state index in [0.717, 1.165) is 32.4 Å². The van der Waals surface area contributed by atoms with Gasteiger partial charge in [-0.1, -0.05) is 66.4 Å². The van der Waals surface area contributed by atoms with Gasteiger partial charge in [-0.15, -0.1) is 11.8 Å². The molecule has 0 radical (unpaired) electrons. The summed E-state index contributed by atoms with van der Waals surface area (Å²) in [6.45, 7) is 2.26. The Kier molecular flexibility index (Phi) is 8.91. The average molecular weight is 522 g/mol. The van der Waals surface area contributed by atoms with Crippen LogP contribution in [0, 0.1) is 6.92 Å². The maximum absolute atomic E-state index is 12.1. The Bertz CT molecular complexity index is 1290. The summed E-state index contributed by atoms with van der Waals surface area (Å²) >= 11 is 3.26. The van der Waals surface area contributed by atoms with Gasteiger partial charge in [0.05, 0.1) is 11.0 Å². The number of ether oxygens (including phenoxy) is 1. The van der Waals surface area contributed by atoms with Crippen molar-refractivity contribution in [2.24, 2.45) is 0 Å². The topological polar surface area (TPSA) is 104 Å². The normalized spacial score (nSPS) is 11.8. The van der Waals surface area contributed by atoms with E-state index in [2.05, 4.69) is 34.3 Å². The van der Waals surface area contributed by atoms with Crippen LogP contribution in [-0.2, 0) is 21.7 Å². The largest absolute Gasteiger partial charge is 0.480 e.